The molecule has 2 bridgehead atoms. The monoisotopic (exact) mass is 627 g/mol. The number of aromatic nitrogens is 2. The van der Waals surface area contributed by atoms with Crippen molar-refractivity contribution in [1.82, 2.24) is 20.6 Å². The lowest BCUT2D eigenvalue weighted by Crippen LogP contribution is -2.52. The number of hydrogen-bond acceptors (Lipinski definition) is 9. The standard InChI is InChI=1S/C31H35F2N5O5S/c1-14(31(2)6-7-31)35-28(40)23-17-4-5-18(19(17)9-16-13-44-30(36-16)26(32)33)25(23)37-27(39)20-8-15(10-34-29(20)41-3)24-21-11-42-12-22(21)43-38-24/h8-10,13-14,17-18,21-23,25-26H,4-7,11-12H2,1-3H3,(H,35,40)(H,37,39)/b19-9-/t14-,17+,18-,21?,22?,23+,25-/m1/s1. The number of nitrogens with zero attached hydrogens (tertiary/aromatic N) is 3. The molecular weight excluding hydrogens is 592 g/mol. The molecule has 10 nitrogen and oxygen atoms in total. The Bertz CT molecular complexity index is 1540. The molecular formula is C31H35F2N5O5S. The Labute approximate surface area is 257 Å². The largest absolute Gasteiger partial charge is 0.480 e. The quantitative estimate of drug-likeness (QED) is 0.423. The number of oxime groups is 1. The van der Waals surface area contributed by atoms with Crippen molar-refractivity contribution < 1.29 is 32.7 Å². The topological polar surface area (TPSA) is 124 Å². The SMILES string of the molecule is COc1ncc(C2=NOC3COCC23)cc1C(=O)N[C@H]1[C@@H](C(=O)N[C@H](C)C2(C)CC2)[C@H]2CC[C@@H]1/C2=C\c1csc(C(F)F)n1. The molecule has 0 spiro atoms. The molecule has 1 saturated heterocycles. The average molecular weight is 628 g/mol. The van der Waals surface area contributed by atoms with Gasteiger partial charge in [0.15, 0.2) is 11.1 Å². The predicted molar refractivity (Wildman–Crippen MR) is 157 cm³/mol. The Kier molecular flexibility index (Phi) is 7.43. The van der Waals surface area contributed by atoms with Crippen LogP contribution in [0.15, 0.2) is 28.4 Å². The van der Waals surface area contributed by atoms with Gasteiger partial charge in [0.2, 0.25) is 11.8 Å². The number of rotatable bonds is 9. The first-order valence-corrected chi connectivity index (χ1v) is 16.0. The fraction of sp³-hybridized carbons (Fsp3) is 0.581. The third-order valence-electron chi connectivity index (χ3n) is 10.2. The van der Waals surface area contributed by atoms with E-state index in [0.29, 0.717) is 30.2 Å². The number of halogens is 2. The molecule has 2 aromatic rings. The van der Waals surface area contributed by atoms with Crippen molar-refractivity contribution in [3.05, 3.63) is 45.0 Å². The molecule has 2 N–H and O–H groups in total. The molecule has 13 heteroatoms. The molecule has 7 rings (SSSR count). The number of thiazole rings is 1. The molecule has 2 aliphatic heterocycles. The maximum absolute atomic E-state index is 14.0. The van der Waals surface area contributed by atoms with Crippen LogP contribution in [-0.4, -0.2) is 66.0 Å². The molecule has 234 valence electrons. The van der Waals surface area contributed by atoms with Crippen molar-refractivity contribution in [3.8, 4) is 5.88 Å². The van der Waals surface area contributed by atoms with Gasteiger partial charge in [0.25, 0.3) is 12.3 Å². The van der Waals surface area contributed by atoms with Crippen molar-refractivity contribution in [2.45, 2.75) is 64.1 Å². The summed E-state index contributed by atoms with van der Waals surface area (Å²) < 4.78 is 37.5. The Morgan fingerprint density at radius 3 is 2.73 bits per heavy atom. The molecule has 3 aliphatic carbocycles. The Morgan fingerprint density at radius 2 is 2.00 bits per heavy atom. The number of alkyl halides is 2. The van der Waals surface area contributed by atoms with Crippen molar-refractivity contribution in [3.63, 3.8) is 0 Å². The molecule has 2 aromatic heterocycles. The number of hydrogen-bond donors (Lipinski definition) is 2. The number of nitrogens with one attached hydrogen (secondary N) is 2. The van der Waals surface area contributed by atoms with Crippen LogP contribution in [0.4, 0.5) is 8.78 Å². The highest BCUT2D eigenvalue weighted by Crippen LogP contribution is 2.54. The Balaban J connectivity index is 1.19. The van der Waals surface area contributed by atoms with Crippen molar-refractivity contribution >= 4 is 34.9 Å². The minimum absolute atomic E-state index is 0.0104. The van der Waals surface area contributed by atoms with Crippen molar-refractivity contribution in [2.75, 3.05) is 20.3 Å². The van der Waals surface area contributed by atoms with Crippen LogP contribution < -0.4 is 15.4 Å². The summed E-state index contributed by atoms with van der Waals surface area (Å²) in [6.07, 6.45) is 4.28. The van der Waals surface area contributed by atoms with Gasteiger partial charge in [-0.2, -0.15) is 0 Å². The van der Waals surface area contributed by atoms with E-state index >= 15 is 0 Å². The van der Waals surface area contributed by atoms with E-state index < -0.39 is 24.3 Å². The lowest BCUT2D eigenvalue weighted by atomic mass is 9.83. The molecule has 5 aliphatic rings. The van der Waals surface area contributed by atoms with Gasteiger partial charge in [-0.1, -0.05) is 17.7 Å². The molecule has 3 saturated carbocycles. The summed E-state index contributed by atoms with van der Waals surface area (Å²) in [6.45, 7) is 5.13. The van der Waals surface area contributed by atoms with Crippen LogP contribution in [0, 0.1) is 29.1 Å². The van der Waals surface area contributed by atoms with Crippen molar-refractivity contribution in [2.24, 2.45) is 34.2 Å². The second-order valence-corrected chi connectivity index (χ2v) is 13.7. The van der Waals surface area contributed by atoms with Crippen LogP contribution in [0.5, 0.6) is 5.88 Å². The zero-order valence-electron chi connectivity index (χ0n) is 24.7. The van der Waals surface area contributed by atoms with Gasteiger partial charge in [-0.05, 0) is 56.1 Å². The van der Waals surface area contributed by atoms with Gasteiger partial charge in [0.05, 0.1) is 43.6 Å². The van der Waals surface area contributed by atoms with E-state index in [4.69, 9.17) is 14.3 Å². The number of ether oxygens (including phenoxy) is 2. The smallest absolute Gasteiger partial charge is 0.289 e. The van der Waals surface area contributed by atoms with E-state index in [1.807, 2.05) is 13.0 Å². The first kappa shape index (κ1) is 29.3. The minimum atomic E-state index is -2.64. The fourth-order valence-electron chi connectivity index (χ4n) is 7.24. The molecule has 2 unspecified atom stereocenters. The number of carbonyl (C=O) groups is 2. The second-order valence-electron chi connectivity index (χ2n) is 12.8. The lowest BCUT2D eigenvalue weighted by Gasteiger charge is -2.32. The van der Waals surface area contributed by atoms with E-state index in [0.717, 1.165) is 42.6 Å². The summed E-state index contributed by atoms with van der Waals surface area (Å²) in [4.78, 5) is 41.9. The zero-order chi connectivity index (χ0) is 30.7. The molecule has 0 radical (unpaired) electrons. The zero-order valence-corrected chi connectivity index (χ0v) is 25.5. The van der Waals surface area contributed by atoms with Crippen LogP contribution in [-0.2, 0) is 14.4 Å². The van der Waals surface area contributed by atoms with E-state index in [2.05, 4.69) is 32.7 Å². The van der Waals surface area contributed by atoms with Gasteiger partial charge in [0, 0.05) is 35.1 Å². The molecule has 0 aromatic carbocycles. The predicted octanol–water partition coefficient (Wildman–Crippen LogP) is 4.38. The summed E-state index contributed by atoms with van der Waals surface area (Å²) in [5, 5.41) is 12.0. The Hall–Kier alpha value is -3.45. The second kappa shape index (κ2) is 11.2. The number of pyridine rings is 1. The maximum atomic E-state index is 14.0. The van der Waals surface area contributed by atoms with Gasteiger partial charge >= 0.3 is 0 Å². The molecule has 7 atom stereocenters. The maximum Gasteiger partial charge on any atom is 0.289 e. The molecule has 4 heterocycles. The first-order chi connectivity index (χ1) is 21.2. The van der Waals surface area contributed by atoms with Gasteiger partial charge in [-0.25, -0.2) is 18.7 Å². The van der Waals surface area contributed by atoms with E-state index in [-0.39, 0.29) is 57.7 Å². The number of amides is 2. The summed E-state index contributed by atoms with van der Waals surface area (Å²) >= 11 is 0.917. The summed E-state index contributed by atoms with van der Waals surface area (Å²) in [5.41, 5.74) is 3.04. The van der Waals surface area contributed by atoms with Crippen LogP contribution in [0.1, 0.15) is 72.6 Å². The van der Waals surface area contributed by atoms with Crippen molar-refractivity contribution in [1.29, 1.82) is 0 Å². The van der Waals surface area contributed by atoms with E-state index in [9.17, 15) is 18.4 Å². The Morgan fingerprint density at radius 1 is 1.20 bits per heavy atom. The highest BCUT2D eigenvalue weighted by molar-refractivity contribution is 7.09. The molecule has 44 heavy (non-hydrogen) atoms. The van der Waals surface area contributed by atoms with Crippen LogP contribution in [0.3, 0.4) is 0 Å². The number of methoxy groups -OCH3 is 1. The normalized spacial score (nSPS) is 31.0. The highest BCUT2D eigenvalue weighted by Gasteiger charge is 2.55. The van der Waals surface area contributed by atoms with Gasteiger partial charge < -0.3 is 24.9 Å². The first-order valence-electron chi connectivity index (χ1n) is 15.1. The van der Waals surface area contributed by atoms with Crippen LogP contribution >= 0.6 is 11.3 Å². The summed E-state index contributed by atoms with van der Waals surface area (Å²) in [5.74, 6) is -1.22. The molecule has 4 fully saturated rings. The molecule has 2 amide bonds. The summed E-state index contributed by atoms with van der Waals surface area (Å²) in [6, 6.07) is 1.18. The van der Waals surface area contributed by atoms with Gasteiger partial charge in [0.1, 0.15) is 5.56 Å². The van der Waals surface area contributed by atoms with E-state index in [1.54, 1.807) is 17.6 Å². The van der Waals surface area contributed by atoms with Gasteiger partial charge in [-0.3, -0.25) is 9.59 Å². The number of fused-ring (bicyclic) bond motifs is 3. The number of carbonyl (C=O) groups excluding carboxylic acids is 2. The summed E-state index contributed by atoms with van der Waals surface area (Å²) in [7, 11) is 1.45. The highest BCUT2D eigenvalue weighted by atomic mass is 32.1. The van der Waals surface area contributed by atoms with E-state index in [1.165, 1.54) is 7.11 Å². The lowest BCUT2D eigenvalue weighted by molar-refractivity contribution is -0.128. The third kappa shape index (κ3) is 5.07. The average Bonchev–Trinajstić information content (AvgIpc) is 3.56. The van der Waals surface area contributed by atoms with Crippen LogP contribution in [0.2, 0.25) is 0 Å². The minimum Gasteiger partial charge on any atom is -0.480 e. The third-order valence-corrected chi connectivity index (χ3v) is 11.1. The van der Waals surface area contributed by atoms with Crippen LogP contribution in [0.25, 0.3) is 6.08 Å². The fourth-order valence-corrected chi connectivity index (χ4v) is 7.87. The van der Waals surface area contributed by atoms with Gasteiger partial charge in [-0.15, -0.1) is 11.3 Å².